The van der Waals surface area contributed by atoms with Gasteiger partial charge in [-0.3, -0.25) is 0 Å². The molecule has 3 heteroatoms. The molecule has 2 nitrogen and oxygen atoms in total. The fourth-order valence-corrected chi connectivity index (χ4v) is 5.52. The van der Waals surface area contributed by atoms with Crippen LogP contribution in [0, 0.1) is 0 Å². The number of hydrogen-bond donors (Lipinski definition) is 0. The summed E-state index contributed by atoms with van der Waals surface area (Å²) >= 11 is 0.0142. The van der Waals surface area contributed by atoms with Gasteiger partial charge in [0.15, 0.2) is 0 Å². The third-order valence-corrected chi connectivity index (χ3v) is 7.07. The van der Waals surface area contributed by atoms with Crippen molar-refractivity contribution in [2.24, 2.45) is 0 Å². The number of rotatable bonds is 4. The van der Waals surface area contributed by atoms with Gasteiger partial charge in [0.25, 0.3) is 0 Å². The van der Waals surface area contributed by atoms with Gasteiger partial charge in [-0.2, -0.15) is 0 Å². The Morgan fingerprint density at radius 1 is 0.840 bits per heavy atom. The minimum absolute atomic E-state index is 0.0142. The molecule has 0 spiro atoms. The molecule has 0 fully saturated rings. The van der Waals surface area contributed by atoms with Crippen LogP contribution < -0.4 is 5.56 Å². The minimum atomic E-state index is 0.0142. The summed E-state index contributed by atoms with van der Waals surface area (Å²) in [7, 11) is 0. The van der Waals surface area contributed by atoms with Gasteiger partial charge in [-0.25, -0.2) is 0 Å². The second kappa shape index (κ2) is 6.97. The topological polar surface area (TPSA) is 22.0 Å². The van der Waals surface area contributed by atoms with E-state index in [1.54, 1.807) is 0 Å². The van der Waals surface area contributed by atoms with Crippen LogP contribution in [0.3, 0.4) is 0 Å². The van der Waals surface area contributed by atoms with Crippen molar-refractivity contribution in [3.63, 3.8) is 0 Å². The molecule has 25 heavy (non-hydrogen) atoms. The van der Waals surface area contributed by atoms with E-state index in [0.29, 0.717) is 17.8 Å². The summed E-state index contributed by atoms with van der Waals surface area (Å²) in [5.41, 5.74) is 5.30. The third-order valence-electron chi connectivity index (χ3n) is 4.80. The zero-order valence-corrected chi connectivity index (χ0v) is 17.7. The molecule has 0 N–H and O–H groups in total. The second-order valence-corrected chi connectivity index (χ2v) is 9.77. The predicted octanol–water partition coefficient (Wildman–Crippen LogP) is 5.42. The summed E-state index contributed by atoms with van der Waals surface area (Å²) in [5, 5.41) is 0.875. The summed E-state index contributed by atoms with van der Waals surface area (Å²) in [6.07, 6.45) is 0. The van der Waals surface area contributed by atoms with E-state index in [2.05, 4.69) is 63.3 Å². The van der Waals surface area contributed by atoms with E-state index < -0.39 is 0 Å². The van der Waals surface area contributed by atoms with Gasteiger partial charge in [0.2, 0.25) is 0 Å². The number of aromatic nitrogens is 1. The summed E-state index contributed by atoms with van der Waals surface area (Å²) in [6.45, 7) is 13.4. The van der Waals surface area contributed by atoms with E-state index in [-0.39, 0.29) is 20.3 Å². The summed E-state index contributed by atoms with van der Waals surface area (Å²) in [6, 6.07) is 12.7. The monoisotopic (exact) mass is 401 g/mol. The van der Waals surface area contributed by atoms with Crippen LogP contribution in [0.15, 0.2) is 41.2 Å². The van der Waals surface area contributed by atoms with Crippen LogP contribution in [0.5, 0.6) is 0 Å². The number of hydrogen-bond acceptors (Lipinski definition) is 1. The Morgan fingerprint density at radius 2 is 1.40 bits per heavy atom. The van der Waals surface area contributed by atoms with Crippen molar-refractivity contribution in [3.05, 3.63) is 63.4 Å². The van der Waals surface area contributed by atoms with Crippen LogP contribution in [0.2, 0.25) is 0 Å². The van der Waals surface area contributed by atoms with E-state index in [9.17, 15) is 4.79 Å². The molecule has 3 aromatic rings. The van der Waals surface area contributed by atoms with Gasteiger partial charge >= 0.3 is 156 Å². The molecule has 0 atom stereocenters. The molecule has 0 radical (unpaired) electrons. The van der Waals surface area contributed by atoms with Crippen molar-refractivity contribution in [2.75, 3.05) is 0 Å². The Labute approximate surface area is 156 Å². The van der Waals surface area contributed by atoms with Gasteiger partial charge in [-0.05, 0) is 0 Å². The Kier molecular flexibility index (Phi) is 5.09. The summed E-state index contributed by atoms with van der Waals surface area (Å²) in [5.74, 6) is 1.26. The fraction of sp³-hybridized carbons (Fsp3) is 0.409. The first kappa shape index (κ1) is 18.2. The van der Waals surface area contributed by atoms with Crippen molar-refractivity contribution in [2.45, 2.75) is 59.3 Å². The first-order chi connectivity index (χ1) is 11.8. The molecule has 3 rings (SSSR count). The Morgan fingerprint density at radius 3 is 1.88 bits per heavy atom. The number of fused-ring (bicyclic) bond motifs is 1. The Bertz CT molecular complexity index is 931. The molecule has 1 heterocycles. The second-order valence-electron chi connectivity index (χ2n) is 7.70. The molecular weight excluding hydrogens is 373 g/mol. The van der Waals surface area contributed by atoms with Crippen LogP contribution in [-0.4, -0.2) is 18.3 Å². The van der Waals surface area contributed by atoms with Crippen molar-refractivity contribution < 1.29 is 0 Å². The van der Waals surface area contributed by atoms with E-state index in [1.165, 1.54) is 21.0 Å². The van der Waals surface area contributed by atoms with Gasteiger partial charge < -0.3 is 0 Å². The molecule has 132 valence electrons. The molecule has 0 aliphatic rings. The molecule has 0 unspecified atom stereocenters. The fourth-order valence-electron chi connectivity index (χ4n) is 3.27. The average molecular weight is 400 g/mol. The first-order valence-corrected chi connectivity index (χ1v) is 10.7. The standard InChI is InChI=1S/C22H27NOSe/c1-13(2)16-11-18(14(3)4)21(19(12-16)15(5)6)23-22(24)17-9-7-8-10-20(17)25-23/h7-15H,1-6H3. The maximum absolute atomic E-state index is 13.1. The maximum atomic E-state index is 13.1. The van der Waals surface area contributed by atoms with E-state index in [0.717, 1.165) is 11.1 Å². The molecule has 0 amide bonds. The molecule has 0 bridgehead atoms. The summed E-state index contributed by atoms with van der Waals surface area (Å²) < 4.78 is 3.25. The predicted molar refractivity (Wildman–Crippen MR) is 109 cm³/mol. The molecule has 1 aromatic heterocycles. The molecular formula is C22H27NOSe. The van der Waals surface area contributed by atoms with Crippen LogP contribution in [0.1, 0.15) is 76.0 Å². The zero-order chi connectivity index (χ0) is 18.3. The van der Waals surface area contributed by atoms with E-state index >= 15 is 0 Å². The van der Waals surface area contributed by atoms with Crippen LogP contribution in [0.25, 0.3) is 15.3 Å². The van der Waals surface area contributed by atoms with Crippen molar-refractivity contribution in [1.29, 1.82) is 0 Å². The van der Waals surface area contributed by atoms with E-state index in [4.69, 9.17) is 0 Å². The number of benzene rings is 2. The van der Waals surface area contributed by atoms with Gasteiger partial charge in [0, 0.05) is 0 Å². The first-order valence-electron chi connectivity index (χ1n) is 9.10. The van der Waals surface area contributed by atoms with Gasteiger partial charge in [0.05, 0.1) is 0 Å². The van der Waals surface area contributed by atoms with Crippen LogP contribution in [-0.2, 0) is 0 Å². The van der Waals surface area contributed by atoms with Gasteiger partial charge in [0.1, 0.15) is 0 Å². The molecule has 0 saturated heterocycles. The van der Waals surface area contributed by atoms with Crippen molar-refractivity contribution >= 4 is 24.4 Å². The van der Waals surface area contributed by atoms with E-state index in [1.807, 2.05) is 18.2 Å². The van der Waals surface area contributed by atoms with Crippen molar-refractivity contribution in [1.82, 2.24) is 3.56 Å². The molecule has 2 aromatic carbocycles. The van der Waals surface area contributed by atoms with Gasteiger partial charge in [-0.1, -0.05) is 0 Å². The Hall–Kier alpha value is -1.57. The SMILES string of the molecule is CC(C)c1cc(C(C)C)c(-n2[se]c3ccccc3c2=O)c(C(C)C)c1. The molecule has 0 aliphatic heterocycles. The summed E-state index contributed by atoms with van der Waals surface area (Å²) in [4.78, 5) is 13.1. The van der Waals surface area contributed by atoms with Crippen molar-refractivity contribution in [3.8, 4) is 5.69 Å². The molecule has 0 saturated carbocycles. The average Bonchev–Trinajstić information content (AvgIpc) is 2.90. The van der Waals surface area contributed by atoms with Crippen LogP contribution in [0.4, 0.5) is 0 Å². The van der Waals surface area contributed by atoms with Crippen LogP contribution >= 0.6 is 0 Å². The zero-order valence-electron chi connectivity index (χ0n) is 16.0. The molecule has 0 aliphatic carbocycles. The van der Waals surface area contributed by atoms with Gasteiger partial charge in [-0.15, -0.1) is 0 Å². The normalized spacial score (nSPS) is 12.0. The quantitative estimate of drug-likeness (QED) is 0.536. The Balaban J connectivity index is 2.40. The number of nitrogens with zero attached hydrogens (tertiary/aromatic N) is 1. The third kappa shape index (κ3) is 3.28.